The first kappa shape index (κ1) is 10.2. The van der Waals surface area contributed by atoms with Crippen molar-refractivity contribution in [2.75, 3.05) is 0 Å². The van der Waals surface area contributed by atoms with Crippen LogP contribution in [0.5, 0.6) is 0 Å². The van der Waals surface area contributed by atoms with Gasteiger partial charge in [0.25, 0.3) is 0 Å². The highest BCUT2D eigenvalue weighted by atomic mass is 19.3. The molecule has 0 aliphatic carbocycles. The molecule has 0 aliphatic rings. The second-order valence-electron chi connectivity index (χ2n) is 3.29. The third-order valence-electron chi connectivity index (χ3n) is 2.35. The molecule has 13 heavy (non-hydrogen) atoms. The maximum atomic E-state index is 12.0. The SMILES string of the molecule is Cc1cccc(CCC(F)F)c1C. The third-order valence-corrected chi connectivity index (χ3v) is 2.35. The number of hydrogen-bond donors (Lipinski definition) is 0. The van der Waals surface area contributed by atoms with Crippen molar-refractivity contribution in [2.24, 2.45) is 0 Å². The van der Waals surface area contributed by atoms with Crippen LogP contribution in [-0.4, -0.2) is 6.43 Å². The molecule has 1 aromatic carbocycles. The van der Waals surface area contributed by atoms with Gasteiger partial charge in [-0.05, 0) is 37.0 Å². The van der Waals surface area contributed by atoms with Gasteiger partial charge >= 0.3 is 0 Å². The van der Waals surface area contributed by atoms with Gasteiger partial charge in [0.1, 0.15) is 0 Å². The summed E-state index contributed by atoms with van der Waals surface area (Å²) in [6, 6.07) is 5.84. The van der Waals surface area contributed by atoms with Crippen molar-refractivity contribution in [1.29, 1.82) is 0 Å². The smallest absolute Gasteiger partial charge is 0.211 e. The van der Waals surface area contributed by atoms with E-state index in [4.69, 9.17) is 0 Å². The van der Waals surface area contributed by atoms with E-state index in [0.717, 1.165) is 11.1 Å². The third kappa shape index (κ3) is 2.79. The normalized spacial score (nSPS) is 10.8. The van der Waals surface area contributed by atoms with Gasteiger partial charge in [0.05, 0.1) is 0 Å². The summed E-state index contributed by atoms with van der Waals surface area (Å²) >= 11 is 0. The molecule has 0 saturated carbocycles. The first-order valence-corrected chi connectivity index (χ1v) is 4.44. The zero-order valence-corrected chi connectivity index (χ0v) is 7.98. The minimum Gasteiger partial charge on any atom is -0.211 e. The Morgan fingerprint density at radius 1 is 1.23 bits per heavy atom. The Balaban J connectivity index is 2.71. The Kier molecular flexibility index (Phi) is 3.40. The lowest BCUT2D eigenvalue weighted by molar-refractivity contribution is 0.138. The van der Waals surface area contributed by atoms with Crippen LogP contribution in [0.4, 0.5) is 8.78 Å². The van der Waals surface area contributed by atoms with Crippen molar-refractivity contribution in [1.82, 2.24) is 0 Å². The highest BCUT2D eigenvalue weighted by molar-refractivity contribution is 5.33. The second-order valence-corrected chi connectivity index (χ2v) is 3.29. The number of benzene rings is 1. The van der Waals surface area contributed by atoms with E-state index in [1.807, 2.05) is 32.0 Å². The van der Waals surface area contributed by atoms with Crippen molar-refractivity contribution in [3.63, 3.8) is 0 Å². The maximum absolute atomic E-state index is 12.0. The van der Waals surface area contributed by atoms with Crippen LogP contribution in [0.15, 0.2) is 18.2 Å². The molecule has 0 nitrogen and oxygen atoms in total. The predicted octanol–water partition coefficient (Wildman–Crippen LogP) is 3.50. The molecule has 0 spiro atoms. The van der Waals surface area contributed by atoms with E-state index in [-0.39, 0.29) is 6.42 Å². The number of rotatable bonds is 3. The molecule has 0 fully saturated rings. The maximum Gasteiger partial charge on any atom is 0.239 e. The monoisotopic (exact) mass is 184 g/mol. The minimum atomic E-state index is -2.19. The molecule has 0 N–H and O–H groups in total. The van der Waals surface area contributed by atoms with Crippen LogP contribution >= 0.6 is 0 Å². The molecule has 0 aliphatic heterocycles. The highest BCUT2D eigenvalue weighted by Gasteiger charge is 2.05. The molecule has 0 unspecified atom stereocenters. The van der Waals surface area contributed by atoms with Gasteiger partial charge in [0, 0.05) is 6.42 Å². The summed E-state index contributed by atoms with van der Waals surface area (Å²) in [7, 11) is 0. The molecular weight excluding hydrogens is 170 g/mol. The van der Waals surface area contributed by atoms with Gasteiger partial charge in [-0.15, -0.1) is 0 Å². The number of alkyl halides is 2. The van der Waals surface area contributed by atoms with Crippen molar-refractivity contribution in [2.45, 2.75) is 33.1 Å². The minimum absolute atomic E-state index is 0.0374. The Hall–Kier alpha value is -0.920. The Labute approximate surface area is 77.6 Å². The number of aryl methyl sites for hydroxylation is 2. The molecule has 72 valence electrons. The van der Waals surface area contributed by atoms with Gasteiger partial charge in [-0.1, -0.05) is 18.2 Å². The molecule has 0 radical (unpaired) electrons. The van der Waals surface area contributed by atoms with Crippen LogP contribution in [0.1, 0.15) is 23.1 Å². The Morgan fingerprint density at radius 2 is 1.92 bits per heavy atom. The molecule has 0 heterocycles. The lowest BCUT2D eigenvalue weighted by Crippen LogP contribution is -1.97. The standard InChI is InChI=1S/C11H14F2/c1-8-4-3-5-10(9(8)2)6-7-11(12)13/h3-5,11H,6-7H2,1-2H3. The van der Waals surface area contributed by atoms with Crippen LogP contribution in [0, 0.1) is 13.8 Å². The van der Waals surface area contributed by atoms with Crippen LogP contribution in [0.3, 0.4) is 0 Å². The lowest BCUT2D eigenvalue weighted by Gasteiger charge is -2.07. The molecule has 0 amide bonds. The van der Waals surface area contributed by atoms with Gasteiger partial charge in [0.15, 0.2) is 0 Å². The lowest BCUT2D eigenvalue weighted by atomic mass is 10.00. The summed E-state index contributed by atoms with van der Waals surface area (Å²) in [6.07, 6.45) is -1.75. The van der Waals surface area contributed by atoms with E-state index in [1.165, 1.54) is 5.56 Å². The largest absolute Gasteiger partial charge is 0.239 e. The van der Waals surface area contributed by atoms with Gasteiger partial charge in [-0.2, -0.15) is 0 Å². The van der Waals surface area contributed by atoms with E-state index in [1.54, 1.807) is 0 Å². The number of halogens is 2. The summed E-state index contributed by atoms with van der Waals surface area (Å²) in [5.74, 6) is 0. The van der Waals surface area contributed by atoms with Crippen molar-refractivity contribution >= 4 is 0 Å². The fraction of sp³-hybridized carbons (Fsp3) is 0.455. The predicted molar refractivity (Wildman–Crippen MR) is 50.2 cm³/mol. The molecule has 0 bridgehead atoms. The van der Waals surface area contributed by atoms with Crippen molar-refractivity contribution < 1.29 is 8.78 Å². The van der Waals surface area contributed by atoms with E-state index < -0.39 is 6.43 Å². The van der Waals surface area contributed by atoms with E-state index >= 15 is 0 Å². The number of hydrogen-bond acceptors (Lipinski definition) is 0. The fourth-order valence-corrected chi connectivity index (χ4v) is 1.35. The average Bonchev–Trinajstić information content (AvgIpc) is 2.07. The summed E-state index contributed by atoms with van der Waals surface area (Å²) in [5.41, 5.74) is 3.36. The summed E-state index contributed by atoms with van der Waals surface area (Å²) in [4.78, 5) is 0. The molecule has 1 rings (SSSR count). The first-order chi connectivity index (χ1) is 6.11. The molecule has 0 saturated heterocycles. The van der Waals surface area contributed by atoms with Crippen molar-refractivity contribution in [3.8, 4) is 0 Å². The van der Waals surface area contributed by atoms with Gasteiger partial charge in [-0.3, -0.25) is 0 Å². The second kappa shape index (κ2) is 4.35. The fourth-order valence-electron chi connectivity index (χ4n) is 1.35. The molecule has 2 heteroatoms. The molecule has 0 atom stereocenters. The van der Waals surface area contributed by atoms with Gasteiger partial charge < -0.3 is 0 Å². The molecule has 0 aromatic heterocycles. The quantitative estimate of drug-likeness (QED) is 0.674. The van der Waals surface area contributed by atoms with Crippen molar-refractivity contribution in [3.05, 3.63) is 34.9 Å². The summed E-state index contributed by atoms with van der Waals surface area (Å²) < 4.78 is 23.9. The summed E-state index contributed by atoms with van der Waals surface area (Å²) in [6.45, 7) is 3.98. The van der Waals surface area contributed by atoms with Crippen LogP contribution < -0.4 is 0 Å². The molecule has 1 aromatic rings. The topological polar surface area (TPSA) is 0 Å². The summed E-state index contributed by atoms with van der Waals surface area (Å²) in [5, 5.41) is 0. The van der Waals surface area contributed by atoms with Gasteiger partial charge in [0.2, 0.25) is 6.43 Å². The van der Waals surface area contributed by atoms with E-state index in [0.29, 0.717) is 6.42 Å². The zero-order chi connectivity index (χ0) is 9.84. The van der Waals surface area contributed by atoms with E-state index in [9.17, 15) is 8.78 Å². The Bertz CT molecular complexity index is 279. The van der Waals surface area contributed by atoms with Crippen LogP contribution in [0.25, 0.3) is 0 Å². The molecular formula is C11H14F2. The average molecular weight is 184 g/mol. The first-order valence-electron chi connectivity index (χ1n) is 4.44. The zero-order valence-electron chi connectivity index (χ0n) is 7.98. The Morgan fingerprint density at radius 3 is 2.54 bits per heavy atom. The van der Waals surface area contributed by atoms with Crippen LogP contribution in [0.2, 0.25) is 0 Å². The van der Waals surface area contributed by atoms with Gasteiger partial charge in [-0.25, -0.2) is 8.78 Å². The van der Waals surface area contributed by atoms with E-state index in [2.05, 4.69) is 0 Å². The van der Waals surface area contributed by atoms with Crippen LogP contribution in [-0.2, 0) is 6.42 Å². The highest BCUT2D eigenvalue weighted by Crippen LogP contribution is 2.16.